The fraction of sp³-hybridized carbons (Fsp3) is 0.333. The van der Waals surface area contributed by atoms with Crippen LogP contribution < -0.4 is 0 Å². The van der Waals surface area contributed by atoms with E-state index in [0.29, 0.717) is 25.2 Å². The summed E-state index contributed by atoms with van der Waals surface area (Å²) in [6.07, 6.45) is 0. The van der Waals surface area contributed by atoms with Gasteiger partial charge in [0.2, 0.25) is 5.91 Å². The second-order valence-electron chi connectivity index (χ2n) is 7.36. The van der Waals surface area contributed by atoms with Crippen molar-refractivity contribution < 1.29 is 23.5 Å². The fourth-order valence-corrected chi connectivity index (χ4v) is 3.42. The zero-order chi connectivity index (χ0) is 20.5. The molecule has 0 spiro atoms. The summed E-state index contributed by atoms with van der Waals surface area (Å²) in [5.41, 5.74) is -0.364. The van der Waals surface area contributed by atoms with Gasteiger partial charge in [0.05, 0.1) is 5.41 Å². The number of piperazine rings is 1. The van der Waals surface area contributed by atoms with Gasteiger partial charge in [0.1, 0.15) is 22.9 Å². The van der Waals surface area contributed by atoms with Gasteiger partial charge in [-0.2, -0.15) is 0 Å². The van der Waals surface area contributed by atoms with Gasteiger partial charge in [0.25, 0.3) is 5.91 Å². The third kappa shape index (κ3) is 3.69. The van der Waals surface area contributed by atoms with Crippen LogP contribution in [0.2, 0.25) is 0 Å². The van der Waals surface area contributed by atoms with E-state index >= 15 is 0 Å². The van der Waals surface area contributed by atoms with Crippen molar-refractivity contribution >= 4 is 11.8 Å². The average molecular weight is 388 g/mol. The summed E-state index contributed by atoms with van der Waals surface area (Å²) in [4.78, 5) is 28.6. The molecule has 148 valence electrons. The summed E-state index contributed by atoms with van der Waals surface area (Å²) in [6.45, 7) is 4.70. The summed E-state index contributed by atoms with van der Waals surface area (Å²) in [6, 6.07) is 10.7. The van der Waals surface area contributed by atoms with Gasteiger partial charge >= 0.3 is 0 Å². The second kappa shape index (κ2) is 7.58. The van der Waals surface area contributed by atoms with Crippen molar-refractivity contribution in [3.63, 3.8) is 0 Å². The fourth-order valence-electron chi connectivity index (χ4n) is 3.42. The molecule has 0 saturated carbocycles. The maximum absolute atomic E-state index is 14.0. The molecule has 0 aliphatic carbocycles. The predicted molar refractivity (Wildman–Crippen MR) is 100.0 cm³/mol. The van der Waals surface area contributed by atoms with E-state index in [2.05, 4.69) is 0 Å². The van der Waals surface area contributed by atoms with E-state index in [9.17, 15) is 23.5 Å². The maximum Gasteiger partial charge on any atom is 0.260 e. The Balaban J connectivity index is 1.69. The lowest BCUT2D eigenvalue weighted by Gasteiger charge is -2.38. The first-order valence-corrected chi connectivity index (χ1v) is 9.04. The third-order valence-electron chi connectivity index (χ3n) is 5.13. The molecule has 5 nitrogen and oxygen atoms in total. The van der Waals surface area contributed by atoms with Gasteiger partial charge < -0.3 is 14.9 Å². The highest BCUT2D eigenvalue weighted by Gasteiger charge is 2.36. The van der Waals surface area contributed by atoms with Crippen LogP contribution in [0.1, 0.15) is 29.8 Å². The van der Waals surface area contributed by atoms with Crippen LogP contribution in [0.4, 0.5) is 8.78 Å². The Hall–Kier alpha value is -2.96. The highest BCUT2D eigenvalue weighted by Crippen LogP contribution is 2.27. The SMILES string of the molecule is CC(C)(C(=O)N1CCN(C(=O)c2c(O)cc(F)cc2F)CC1)c1ccccc1. The third-order valence-corrected chi connectivity index (χ3v) is 5.13. The van der Waals surface area contributed by atoms with Crippen LogP contribution in [0.15, 0.2) is 42.5 Å². The zero-order valence-electron chi connectivity index (χ0n) is 15.8. The summed E-state index contributed by atoms with van der Waals surface area (Å²) in [5, 5.41) is 9.75. The number of carbonyl (C=O) groups is 2. The van der Waals surface area contributed by atoms with Gasteiger partial charge in [-0.1, -0.05) is 30.3 Å². The van der Waals surface area contributed by atoms with E-state index < -0.39 is 34.3 Å². The monoisotopic (exact) mass is 388 g/mol. The van der Waals surface area contributed by atoms with Gasteiger partial charge in [0, 0.05) is 38.3 Å². The Morgan fingerprint density at radius 1 is 0.964 bits per heavy atom. The van der Waals surface area contributed by atoms with E-state index in [1.807, 2.05) is 44.2 Å². The van der Waals surface area contributed by atoms with E-state index in [4.69, 9.17) is 0 Å². The van der Waals surface area contributed by atoms with E-state index in [1.165, 1.54) is 4.90 Å². The molecule has 1 aliphatic heterocycles. The van der Waals surface area contributed by atoms with Crippen molar-refractivity contribution in [2.45, 2.75) is 19.3 Å². The number of halogens is 2. The van der Waals surface area contributed by atoms with E-state index in [-0.39, 0.29) is 19.0 Å². The van der Waals surface area contributed by atoms with Gasteiger partial charge in [-0.25, -0.2) is 8.78 Å². The number of amides is 2. The quantitative estimate of drug-likeness (QED) is 0.880. The van der Waals surface area contributed by atoms with Crippen molar-refractivity contribution in [1.29, 1.82) is 0 Å². The number of rotatable bonds is 3. The number of phenols is 1. The molecule has 0 radical (unpaired) electrons. The van der Waals surface area contributed by atoms with Crippen molar-refractivity contribution in [1.82, 2.24) is 9.80 Å². The van der Waals surface area contributed by atoms with Gasteiger partial charge in [-0.3, -0.25) is 9.59 Å². The smallest absolute Gasteiger partial charge is 0.260 e. The molecule has 2 aromatic rings. The number of hydrogen-bond donors (Lipinski definition) is 1. The molecule has 2 amide bonds. The molecule has 1 N–H and O–H groups in total. The standard InChI is InChI=1S/C21H22F2N2O3/c1-21(2,14-6-4-3-5-7-14)20(28)25-10-8-24(9-11-25)19(27)18-16(23)12-15(22)13-17(18)26/h3-7,12-13,26H,8-11H2,1-2H3. The van der Waals surface area contributed by atoms with Crippen LogP contribution in [0.5, 0.6) is 5.75 Å². The lowest BCUT2D eigenvalue weighted by Crippen LogP contribution is -2.54. The molecule has 7 heteroatoms. The van der Waals surface area contributed by atoms with Gasteiger partial charge in [-0.15, -0.1) is 0 Å². The maximum atomic E-state index is 14.0. The highest BCUT2D eigenvalue weighted by molar-refractivity contribution is 5.97. The lowest BCUT2D eigenvalue weighted by molar-refractivity contribution is -0.137. The molecule has 0 aromatic heterocycles. The minimum atomic E-state index is -1.11. The minimum Gasteiger partial charge on any atom is -0.507 e. The van der Waals surface area contributed by atoms with Crippen molar-refractivity contribution in [3.8, 4) is 5.75 Å². The van der Waals surface area contributed by atoms with Gasteiger partial charge in [-0.05, 0) is 19.4 Å². The van der Waals surface area contributed by atoms with Crippen LogP contribution in [-0.4, -0.2) is 52.9 Å². The van der Waals surface area contributed by atoms with Crippen LogP contribution in [-0.2, 0) is 10.2 Å². The van der Waals surface area contributed by atoms with E-state index in [1.54, 1.807) is 4.90 Å². The summed E-state index contributed by atoms with van der Waals surface area (Å²) >= 11 is 0. The second-order valence-corrected chi connectivity index (χ2v) is 7.36. The van der Waals surface area contributed by atoms with Crippen LogP contribution in [0.25, 0.3) is 0 Å². The average Bonchev–Trinajstić information content (AvgIpc) is 2.67. The van der Waals surface area contributed by atoms with Crippen LogP contribution in [0, 0.1) is 11.6 Å². The Labute approximate surface area is 162 Å². The molecule has 2 aromatic carbocycles. The summed E-state index contributed by atoms with van der Waals surface area (Å²) in [5.74, 6) is -3.56. The molecular weight excluding hydrogens is 366 g/mol. The van der Waals surface area contributed by atoms with Crippen LogP contribution in [0.3, 0.4) is 0 Å². The number of aromatic hydroxyl groups is 1. The lowest BCUT2D eigenvalue weighted by atomic mass is 9.83. The van der Waals surface area contributed by atoms with Crippen molar-refractivity contribution in [2.75, 3.05) is 26.2 Å². The first-order chi connectivity index (χ1) is 13.2. The topological polar surface area (TPSA) is 60.9 Å². The minimum absolute atomic E-state index is 0.0541. The predicted octanol–water partition coefficient (Wildman–Crippen LogP) is 2.93. The van der Waals surface area contributed by atoms with Crippen molar-refractivity contribution in [3.05, 3.63) is 65.2 Å². The summed E-state index contributed by atoms with van der Waals surface area (Å²) < 4.78 is 27.1. The van der Waals surface area contributed by atoms with Gasteiger partial charge in [0.15, 0.2) is 0 Å². The first kappa shape index (κ1) is 19.8. The molecule has 1 aliphatic rings. The number of nitrogens with zero attached hydrogens (tertiary/aromatic N) is 2. The molecule has 0 bridgehead atoms. The molecule has 1 saturated heterocycles. The van der Waals surface area contributed by atoms with E-state index in [0.717, 1.165) is 5.56 Å². The normalized spacial score (nSPS) is 14.9. The molecule has 1 fully saturated rings. The Kier molecular flexibility index (Phi) is 5.36. The molecule has 3 rings (SSSR count). The summed E-state index contributed by atoms with van der Waals surface area (Å²) in [7, 11) is 0. The first-order valence-electron chi connectivity index (χ1n) is 9.04. The number of benzene rings is 2. The van der Waals surface area contributed by atoms with Crippen LogP contribution >= 0.6 is 0 Å². The highest BCUT2D eigenvalue weighted by atomic mass is 19.1. The van der Waals surface area contributed by atoms with Crippen molar-refractivity contribution in [2.24, 2.45) is 0 Å². The zero-order valence-corrected chi connectivity index (χ0v) is 15.8. The molecule has 28 heavy (non-hydrogen) atoms. The Morgan fingerprint density at radius 3 is 2.11 bits per heavy atom. The number of hydrogen-bond acceptors (Lipinski definition) is 3. The Bertz CT molecular complexity index is 869. The molecule has 0 atom stereocenters. The molecule has 0 unspecified atom stereocenters. The number of carbonyl (C=O) groups excluding carboxylic acids is 2. The molecular formula is C21H22F2N2O3. The Morgan fingerprint density at radius 2 is 1.54 bits per heavy atom. The largest absolute Gasteiger partial charge is 0.507 e. The molecule has 1 heterocycles. The number of phenolic OH excluding ortho intramolecular Hbond substituents is 1.